The van der Waals surface area contributed by atoms with Crippen molar-refractivity contribution in [3.63, 3.8) is 0 Å². The van der Waals surface area contributed by atoms with Crippen molar-refractivity contribution >= 4 is 27.5 Å². The number of carbonyl (C=O) groups is 1. The molecule has 11 heteroatoms. The number of amides is 1. The van der Waals surface area contributed by atoms with Crippen molar-refractivity contribution in [2.45, 2.75) is 36.7 Å². The topological polar surface area (TPSA) is 88.2 Å². The van der Waals surface area contributed by atoms with E-state index in [0.29, 0.717) is 56.3 Å². The Hall–Kier alpha value is -2.24. The van der Waals surface area contributed by atoms with Crippen LogP contribution in [0.4, 0.5) is 4.39 Å². The molecule has 196 valence electrons. The molecule has 0 saturated carbocycles. The second-order valence-corrected chi connectivity index (χ2v) is 11.2. The van der Waals surface area contributed by atoms with Crippen molar-refractivity contribution in [3.05, 3.63) is 58.9 Å². The Morgan fingerprint density at radius 2 is 1.89 bits per heavy atom. The highest BCUT2D eigenvalue weighted by Gasteiger charge is 2.36. The molecule has 0 bridgehead atoms. The van der Waals surface area contributed by atoms with Crippen LogP contribution in [0.1, 0.15) is 24.8 Å². The number of hydrogen-bond acceptors (Lipinski definition) is 6. The van der Waals surface area contributed by atoms with Gasteiger partial charge in [0.05, 0.1) is 18.1 Å². The minimum Gasteiger partial charge on any atom is -0.489 e. The van der Waals surface area contributed by atoms with Crippen LogP contribution in [0.5, 0.6) is 5.75 Å². The second kappa shape index (κ2) is 12.3. The van der Waals surface area contributed by atoms with Crippen molar-refractivity contribution < 1.29 is 27.1 Å². The number of ether oxygens (including phenoxy) is 2. The molecule has 2 heterocycles. The molecular formula is C25H31ClFN3O5S. The molecule has 2 fully saturated rings. The van der Waals surface area contributed by atoms with Gasteiger partial charge < -0.3 is 14.8 Å². The summed E-state index contributed by atoms with van der Waals surface area (Å²) in [5.74, 6) is -0.830. The molecule has 2 aliphatic heterocycles. The van der Waals surface area contributed by atoms with Gasteiger partial charge in [0, 0.05) is 37.7 Å². The Morgan fingerprint density at radius 1 is 1.14 bits per heavy atom. The first-order valence-corrected chi connectivity index (χ1v) is 13.9. The average molecular weight is 540 g/mol. The van der Waals surface area contributed by atoms with Crippen LogP contribution in [0.2, 0.25) is 5.02 Å². The van der Waals surface area contributed by atoms with Crippen LogP contribution in [-0.2, 0) is 26.1 Å². The molecule has 36 heavy (non-hydrogen) atoms. The zero-order chi connectivity index (χ0) is 25.5. The van der Waals surface area contributed by atoms with Crippen molar-refractivity contribution in [3.8, 4) is 5.75 Å². The molecule has 8 nitrogen and oxygen atoms in total. The minimum atomic E-state index is -4.07. The zero-order valence-electron chi connectivity index (χ0n) is 20.0. The summed E-state index contributed by atoms with van der Waals surface area (Å²) >= 11 is 5.94. The number of sulfonamides is 1. The third-order valence-corrected chi connectivity index (χ3v) is 8.50. The minimum absolute atomic E-state index is 0.0208. The standard InChI is InChI=1S/C25H31ClFN3O5S/c26-20-5-7-21(8-6-20)36(32,33)30(23-3-1-2-10-28-25(23)31)18-19-4-9-24(22(27)17-19)35-16-13-29-11-14-34-15-12-29/h4-9,17,23H,1-3,10-16,18H2,(H,28,31). The molecule has 2 aliphatic rings. The van der Waals surface area contributed by atoms with Gasteiger partial charge in [-0.3, -0.25) is 9.69 Å². The number of rotatable bonds is 9. The van der Waals surface area contributed by atoms with Crippen LogP contribution in [0.25, 0.3) is 0 Å². The summed E-state index contributed by atoms with van der Waals surface area (Å²) in [6.45, 7) is 4.32. The van der Waals surface area contributed by atoms with Crippen molar-refractivity contribution in [2.75, 3.05) is 46.0 Å². The van der Waals surface area contributed by atoms with Crippen LogP contribution in [0.15, 0.2) is 47.4 Å². The molecule has 4 rings (SSSR count). The maximum absolute atomic E-state index is 14.9. The van der Waals surface area contributed by atoms with Crippen LogP contribution in [-0.4, -0.2) is 75.6 Å². The lowest BCUT2D eigenvalue weighted by Gasteiger charge is -2.29. The second-order valence-electron chi connectivity index (χ2n) is 8.87. The molecule has 1 amide bonds. The van der Waals surface area contributed by atoms with Crippen molar-refractivity contribution in [2.24, 2.45) is 0 Å². The molecule has 2 aromatic carbocycles. The molecule has 0 radical (unpaired) electrons. The van der Waals surface area contributed by atoms with Gasteiger partial charge in [-0.1, -0.05) is 17.7 Å². The van der Waals surface area contributed by atoms with E-state index in [0.717, 1.165) is 23.8 Å². The Balaban J connectivity index is 1.52. The predicted molar refractivity (Wildman–Crippen MR) is 134 cm³/mol. The summed E-state index contributed by atoms with van der Waals surface area (Å²) in [6.07, 6.45) is 1.84. The highest BCUT2D eigenvalue weighted by atomic mass is 35.5. The maximum atomic E-state index is 14.9. The average Bonchev–Trinajstić information content (AvgIpc) is 3.08. The van der Waals surface area contributed by atoms with E-state index in [1.54, 1.807) is 6.07 Å². The van der Waals surface area contributed by atoms with E-state index in [9.17, 15) is 17.6 Å². The summed E-state index contributed by atoms with van der Waals surface area (Å²) < 4.78 is 54.2. The largest absolute Gasteiger partial charge is 0.489 e. The Bertz CT molecular complexity index is 1140. The van der Waals surface area contributed by atoms with E-state index in [1.165, 1.54) is 36.4 Å². The summed E-state index contributed by atoms with van der Waals surface area (Å²) in [6, 6.07) is 9.29. The first kappa shape index (κ1) is 26.8. The van der Waals surface area contributed by atoms with Gasteiger partial charge in [-0.15, -0.1) is 0 Å². The van der Waals surface area contributed by atoms with E-state index in [2.05, 4.69) is 10.2 Å². The van der Waals surface area contributed by atoms with Gasteiger partial charge in [-0.2, -0.15) is 4.31 Å². The summed E-state index contributed by atoms with van der Waals surface area (Å²) in [7, 11) is -4.07. The molecule has 0 spiro atoms. The maximum Gasteiger partial charge on any atom is 0.244 e. The molecule has 2 saturated heterocycles. The lowest BCUT2D eigenvalue weighted by molar-refractivity contribution is -0.124. The SMILES string of the molecule is O=C1NCCCCC1N(Cc1ccc(OCCN2CCOCC2)c(F)c1)S(=O)(=O)c1ccc(Cl)cc1. The quantitative estimate of drug-likeness (QED) is 0.527. The lowest BCUT2D eigenvalue weighted by atomic mass is 10.1. The highest BCUT2D eigenvalue weighted by molar-refractivity contribution is 7.89. The Labute approximate surface area is 216 Å². The Morgan fingerprint density at radius 3 is 2.61 bits per heavy atom. The van der Waals surface area contributed by atoms with Crippen LogP contribution in [0, 0.1) is 5.82 Å². The fraction of sp³-hybridized carbons (Fsp3) is 0.480. The van der Waals surface area contributed by atoms with Crippen LogP contribution in [0.3, 0.4) is 0 Å². The number of nitrogens with zero attached hydrogens (tertiary/aromatic N) is 2. The van der Waals surface area contributed by atoms with E-state index in [-0.39, 0.29) is 23.1 Å². The van der Waals surface area contributed by atoms with Gasteiger partial charge in [0.25, 0.3) is 0 Å². The molecule has 0 aliphatic carbocycles. The molecular weight excluding hydrogens is 509 g/mol. The number of nitrogens with one attached hydrogen (secondary N) is 1. The Kier molecular flexibility index (Phi) is 9.19. The van der Waals surface area contributed by atoms with E-state index in [4.69, 9.17) is 21.1 Å². The van der Waals surface area contributed by atoms with Crippen molar-refractivity contribution in [1.29, 1.82) is 0 Å². The third-order valence-electron chi connectivity index (χ3n) is 6.38. The van der Waals surface area contributed by atoms with Crippen LogP contribution < -0.4 is 10.1 Å². The first-order valence-electron chi connectivity index (χ1n) is 12.1. The number of carbonyl (C=O) groups excluding carboxylic acids is 1. The number of hydrogen-bond donors (Lipinski definition) is 1. The summed E-state index contributed by atoms with van der Waals surface area (Å²) in [4.78, 5) is 15.0. The number of halogens is 2. The first-order chi connectivity index (χ1) is 17.3. The molecule has 1 unspecified atom stereocenters. The monoisotopic (exact) mass is 539 g/mol. The smallest absolute Gasteiger partial charge is 0.244 e. The third kappa shape index (κ3) is 6.74. The van der Waals surface area contributed by atoms with Gasteiger partial charge in [-0.05, 0) is 61.2 Å². The van der Waals surface area contributed by atoms with Gasteiger partial charge in [0.15, 0.2) is 11.6 Å². The molecule has 0 aromatic heterocycles. The van der Waals surface area contributed by atoms with Gasteiger partial charge >= 0.3 is 0 Å². The molecule has 2 aromatic rings. The van der Waals surface area contributed by atoms with E-state index in [1.807, 2.05) is 0 Å². The summed E-state index contributed by atoms with van der Waals surface area (Å²) in [5.41, 5.74) is 0.419. The normalized spacial score (nSPS) is 19.6. The summed E-state index contributed by atoms with van der Waals surface area (Å²) in [5, 5.41) is 3.19. The number of benzene rings is 2. The highest BCUT2D eigenvalue weighted by Crippen LogP contribution is 2.27. The lowest BCUT2D eigenvalue weighted by Crippen LogP contribution is -2.48. The molecule has 1 N–H and O–H groups in total. The van der Waals surface area contributed by atoms with Gasteiger partial charge in [-0.25, -0.2) is 12.8 Å². The fourth-order valence-corrected chi connectivity index (χ4v) is 6.08. The van der Waals surface area contributed by atoms with E-state index < -0.39 is 21.9 Å². The number of morpholine rings is 1. The van der Waals surface area contributed by atoms with Gasteiger partial charge in [0.2, 0.25) is 15.9 Å². The fourth-order valence-electron chi connectivity index (χ4n) is 4.35. The van der Waals surface area contributed by atoms with Crippen LogP contribution >= 0.6 is 11.6 Å². The zero-order valence-corrected chi connectivity index (χ0v) is 21.6. The van der Waals surface area contributed by atoms with Crippen molar-refractivity contribution in [1.82, 2.24) is 14.5 Å². The predicted octanol–water partition coefficient (Wildman–Crippen LogP) is 3.05. The van der Waals surface area contributed by atoms with Gasteiger partial charge in [0.1, 0.15) is 12.6 Å². The van der Waals surface area contributed by atoms with E-state index >= 15 is 0 Å². The molecule has 1 atom stereocenters.